The van der Waals surface area contributed by atoms with Gasteiger partial charge < -0.3 is 14.4 Å². The molecule has 1 unspecified atom stereocenters. The average Bonchev–Trinajstić information content (AvgIpc) is 3.31. The maximum absolute atomic E-state index is 14.3. The number of fused-ring (bicyclic) bond motifs is 1. The summed E-state index contributed by atoms with van der Waals surface area (Å²) in [4.78, 5) is 33.7. The zero-order valence-electron chi connectivity index (χ0n) is 23.0. The Labute approximate surface area is 240 Å². The SMILES string of the molecule is CS(=O)(=O)c1cccc(-n2c(C(=O)N3CCS(=O)(=O)CC3C(=O)N3CCN(C4CCC4)CC3)cc3ccccc32)c1. The minimum Gasteiger partial charge on any atom is -0.338 e. The van der Waals surface area contributed by atoms with Crippen LogP contribution in [0.1, 0.15) is 29.8 Å². The smallest absolute Gasteiger partial charge is 0.271 e. The van der Waals surface area contributed by atoms with Crippen LogP contribution in [0.5, 0.6) is 0 Å². The summed E-state index contributed by atoms with van der Waals surface area (Å²) in [6, 6.07) is 14.9. The number of hydrogen-bond acceptors (Lipinski definition) is 7. The molecule has 10 nitrogen and oxygen atoms in total. The second-order valence-electron chi connectivity index (χ2n) is 11.3. The van der Waals surface area contributed by atoms with E-state index in [0.29, 0.717) is 30.3 Å². The Bertz CT molecular complexity index is 1720. The largest absolute Gasteiger partial charge is 0.338 e. The van der Waals surface area contributed by atoms with Crippen molar-refractivity contribution in [3.05, 3.63) is 60.3 Å². The standard InChI is InChI=1S/C29H34N4O6S2/c1-40(36,37)24-10-5-9-23(19-24)33-25-11-3-2-6-21(25)18-26(33)29(35)32-16-17-41(38,39)20-27(32)28(34)31-14-12-30(13-15-31)22-7-4-8-22/h2-3,5-6,9-11,18-19,22,27H,4,7-8,12-17,20H2,1H3. The van der Waals surface area contributed by atoms with E-state index in [9.17, 15) is 26.4 Å². The molecule has 0 bridgehead atoms. The van der Waals surface area contributed by atoms with Gasteiger partial charge in [0.1, 0.15) is 11.7 Å². The predicted octanol–water partition coefficient (Wildman–Crippen LogP) is 1.97. The number of rotatable bonds is 5. The summed E-state index contributed by atoms with van der Waals surface area (Å²) in [7, 11) is -7.02. The number of hydrogen-bond donors (Lipinski definition) is 0. The van der Waals surface area contributed by atoms with Crippen LogP contribution in [0, 0.1) is 0 Å². The number of carbonyl (C=O) groups excluding carboxylic acids is 2. The highest BCUT2D eigenvalue weighted by Crippen LogP contribution is 2.29. The first-order chi connectivity index (χ1) is 19.5. The lowest BCUT2D eigenvalue weighted by molar-refractivity contribution is -0.138. The molecule has 0 N–H and O–H groups in total. The van der Waals surface area contributed by atoms with Gasteiger partial charge >= 0.3 is 0 Å². The van der Waals surface area contributed by atoms with Crippen molar-refractivity contribution in [1.29, 1.82) is 0 Å². The van der Waals surface area contributed by atoms with E-state index >= 15 is 0 Å². The highest BCUT2D eigenvalue weighted by Gasteiger charge is 2.42. The van der Waals surface area contributed by atoms with Gasteiger partial charge in [-0.1, -0.05) is 30.7 Å². The van der Waals surface area contributed by atoms with E-state index in [1.807, 2.05) is 24.3 Å². The van der Waals surface area contributed by atoms with Gasteiger partial charge in [0.2, 0.25) is 5.91 Å². The minimum absolute atomic E-state index is 0.0927. The summed E-state index contributed by atoms with van der Waals surface area (Å²) < 4.78 is 51.7. The van der Waals surface area contributed by atoms with Gasteiger partial charge in [0.05, 0.1) is 21.9 Å². The summed E-state index contributed by atoms with van der Waals surface area (Å²) in [5.74, 6) is -1.43. The normalized spacial score (nSPS) is 22.0. The van der Waals surface area contributed by atoms with Gasteiger partial charge in [0.15, 0.2) is 19.7 Å². The molecule has 3 aliphatic rings. The predicted molar refractivity (Wildman–Crippen MR) is 156 cm³/mol. The number of aromatic nitrogens is 1. The van der Waals surface area contributed by atoms with Gasteiger partial charge in [-0.2, -0.15) is 0 Å². The van der Waals surface area contributed by atoms with E-state index < -0.39 is 37.4 Å². The topological polar surface area (TPSA) is 117 Å². The molecule has 2 saturated heterocycles. The Balaban J connectivity index is 1.35. The van der Waals surface area contributed by atoms with Crippen LogP contribution >= 0.6 is 0 Å². The average molecular weight is 599 g/mol. The van der Waals surface area contributed by atoms with Gasteiger partial charge in [-0.15, -0.1) is 0 Å². The molecule has 12 heteroatoms. The van der Waals surface area contributed by atoms with Crippen LogP contribution in [0.3, 0.4) is 0 Å². The molecule has 1 aromatic heterocycles. The van der Waals surface area contributed by atoms with Crippen LogP contribution in [-0.2, 0) is 24.5 Å². The Morgan fingerprint density at radius 1 is 0.902 bits per heavy atom. The van der Waals surface area contributed by atoms with Crippen molar-refractivity contribution in [1.82, 2.24) is 19.3 Å². The first kappa shape index (κ1) is 27.9. The van der Waals surface area contributed by atoms with Crippen LogP contribution in [-0.4, -0.2) is 110 Å². The molecule has 218 valence electrons. The molecule has 3 heterocycles. The van der Waals surface area contributed by atoms with Gasteiger partial charge in [-0.05, 0) is 43.2 Å². The van der Waals surface area contributed by atoms with Crippen molar-refractivity contribution in [2.45, 2.75) is 36.2 Å². The van der Waals surface area contributed by atoms with Gasteiger partial charge in [0, 0.05) is 56.1 Å². The van der Waals surface area contributed by atoms with Crippen molar-refractivity contribution in [2.75, 3.05) is 50.5 Å². The number of amides is 2. The van der Waals surface area contributed by atoms with E-state index in [-0.39, 0.29) is 28.8 Å². The molecule has 2 amide bonds. The number of para-hydroxylation sites is 1. The molecule has 1 aliphatic carbocycles. The van der Waals surface area contributed by atoms with Gasteiger partial charge in [-0.3, -0.25) is 14.5 Å². The lowest BCUT2D eigenvalue weighted by Gasteiger charge is -2.44. The van der Waals surface area contributed by atoms with Crippen LogP contribution in [0.25, 0.3) is 16.6 Å². The number of sulfone groups is 2. The summed E-state index contributed by atoms with van der Waals surface area (Å²) in [6.45, 7) is 2.41. The van der Waals surface area contributed by atoms with Crippen molar-refractivity contribution in [3.63, 3.8) is 0 Å². The van der Waals surface area contributed by atoms with Crippen molar-refractivity contribution < 1.29 is 26.4 Å². The highest BCUT2D eigenvalue weighted by molar-refractivity contribution is 7.91. The van der Waals surface area contributed by atoms with E-state index in [1.54, 1.807) is 27.7 Å². The maximum Gasteiger partial charge on any atom is 0.271 e. The summed E-state index contributed by atoms with van der Waals surface area (Å²) in [5.41, 5.74) is 1.42. The molecule has 6 rings (SSSR count). The summed E-state index contributed by atoms with van der Waals surface area (Å²) in [5, 5.41) is 0.764. The molecule has 2 aliphatic heterocycles. The molecule has 3 aromatic rings. The molecule has 0 spiro atoms. The Hall–Kier alpha value is -3.22. The lowest BCUT2D eigenvalue weighted by atomic mass is 9.91. The van der Waals surface area contributed by atoms with Crippen LogP contribution in [0.2, 0.25) is 0 Å². The third kappa shape index (κ3) is 5.40. The third-order valence-electron chi connectivity index (χ3n) is 8.63. The molecule has 1 saturated carbocycles. The Kier molecular flexibility index (Phi) is 7.19. The lowest BCUT2D eigenvalue weighted by Crippen LogP contribution is -2.61. The van der Waals surface area contributed by atoms with Crippen LogP contribution in [0.4, 0.5) is 0 Å². The zero-order chi connectivity index (χ0) is 28.9. The molecule has 41 heavy (non-hydrogen) atoms. The van der Waals surface area contributed by atoms with Crippen molar-refractivity contribution >= 4 is 42.4 Å². The Morgan fingerprint density at radius 3 is 2.32 bits per heavy atom. The number of carbonyl (C=O) groups is 2. The zero-order valence-corrected chi connectivity index (χ0v) is 24.6. The molecule has 0 radical (unpaired) electrons. The third-order valence-corrected chi connectivity index (χ3v) is 11.4. The van der Waals surface area contributed by atoms with E-state index in [2.05, 4.69) is 4.90 Å². The van der Waals surface area contributed by atoms with Crippen LogP contribution < -0.4 is 0 Å². The van der Waals surface area contributed by atoms with Crippen LogP contribution in [0.15, 0.2) is 59.5 Å². The van der Waals surface area contributed by atoms with E-state index in [0.717, 1.165) is 24.7 Å². The monoisotopic (exact) mass is 598 g/mol. The van der Waals surface area contributed by atoms with Gasteiger partial charge in [0.25, 0.3) is 5.91 Å². The minimum atomic E-state index is -3.52. The molecular formula is C29H34N4O6S2. The maximum atomic E-state index is 14.3. The van der Waals surface area contributed by atoms with E-state index in [1.165, 1.54) is 36.3 Å². The molecule has 3 fully saturated rings. The van der Waals surface area contributed by atoms with Crippen molar-refractivity contribution in [2.24, 2.45) is 0 Å². The fourth-order valence-electron chi connectivity index (χ4n) is 6.12. The molecule has 1 atom stereocenters. The molecular weight excluding hydrogens is 564 g/mol. The number of benzene rings is 2. The Morgan fingerprint density at radius 2 is 1.63 bits per heavy atom. The first-order valence-corrected chi connectivity index (χ1v) is 17.7. The van der Waals surface area contributed by atoms with Crippen molar-refractivity contribution in [3.8, 4) is 5.69 Å². The van der Waals surface area contributed by atoms with E-state index in [4.69, 9.17) is 0 Å². The number of piperazine rings is 1. The highest BCUT2D eigenvalue weighted by atomic mass is 32.2. The second-order valence-corrected chi connectivity index (χ2v) is 15.5. The molecule has 2 aromatic carbocycles. The first-order valence-electron chi connectivity index (χ1n) is 14.0. The summed E-state index contributed by atoms with van der Waals surface area (Å²) >= 11 is 0. The fraction of sp³-hybridized carbons (Fsp3) is 0.448. The quantitative estimate of drug-likeness (QED) is 0.441. The fourth-order valence-corrected chi connectivity index (χ4v) is 8.22. The number of nitrogens with zero attached hydrogens (tertiary/aromatic N) is 4. The summed E-state index contributed by atoms with van der Waals surface area (Å²) in [6.07, 6.45) is 4.72. The second kappa shape index (κ2) is 10.6. The van der Waals surface area contributed by atoms with Gasteiger partial charge in [-0.25, -0.2) is 16.8 Å².